The highest BCUT2D eigenvalue weighted by Gasteiger charge is 2.04. The van der Waals surface area contributed by atoms with Crippen LogP contribution < -0.4 is 0 Å². The van der Waals surface area contributed by atoms with E-state index < -0.39 is 5.60 Å². The lowest BCUT2D eigenvalue weighted by molar-refractivity contribution is -0.140. The molecule has 0 aliphatic heterocycles. The zero-order chi connectivity index (χ0) is 15.3. The van der Waals surface area contributed by atoms with Crippen LogP contribution in [0.15, 0.2) is 24.3 Å². The third kappa shape index (κ3) is 15.0. The van der Waals surface area contributed by atoms with Gasteiger partial charge in [0.2, 0.25) is 0 Å². The molecule has 0 spiro atoms. The first-order valence-corrected chi connectivity index (χ1v) is 7.57. The predicted octanol–water partition coefficient (Wildman–Crippen LogP) is 4.16. The minimum Gasteiger partial charge on any atom is -0.469 e. The maximum absolute atomic E-state index is 10.9. The van der Waals surface area contributed by atoms with Crippen molar-refractivity contribution in [2.75, 3.05) is 7.11 Å². The lowest BCUT2D eigenvalue weighted by Gasteiger charge is -2.09. The van der Waals surface area contributed by atoms with Crippen LogP contribution in [0.4, 0.5) is 0 Å². The van der Waals surface area contributed by atoms with Gasteiger partial charge in [0, 0.05) is 6.42 Å². The Morgan fingerprint density at radius 1 is 1.05 bits per heavy atom. The van der Waals surface area contributed by atoms with E-state index in [1.54, 1.807) is 13.8 Å². The van der Waals surface area contributed by atoms with Gasteiger partial charge < -0.3 is 9.84 Å². The Morgan fingerprint density at radius 3 is 2.35 bits per heavy atom. The summed E-state index contributed by atoms with van der Waals surface area (Å²) in [5.74, 6) is -0.105. The van der Waals surface area contributed by atoms with Crippen molar-refractivity contribution in [1.29, 1.82) is 0 Å². The number of esters is 1. The van der Waals surface area contributed by atoms with Crippen molar-refractivity contribution in [1.82, 2.24) is 0 Å². The van der Waals surface area contributed by atoms with Crippen LogP contribution in [0.2, 0.25) is 0 Å². The number of allylic oxidation sites excluding steroid dienone is 3. The summed E-state index contributed by atoms with van der Waals surface area (Å²) in [6, 6.07) is 0. The monoisotopic (exact) mass is 282 g/mol. The number of unbranched alkanes of at least 4 members (excludes halogenated alkanes) is 5. The fraction of sp³-hybridized carbons (Fsp3) is 0.706. The molecule has 3 nitrogen and oxygen atoms in total. The quantitative estimate of drug-likeness (QED) is 0.351. The van der Waals surface area contributed by atoms with Crippen molar-refractivity contribution in [2.24, 2.45) is 0 Å². The van der Waals surface area contributed by atoms with E-state index in [9.17, 15) is 9.90 Å². The topological polar surface area (TPSA) is 46.5 Å². The zero-order valence-electron chi connectivity index (χ0n) is 13.2. The van der Waals surface area contributed by atoms with E-state index in [-0.39, 0.29) is 5.97 Å². The summed E-state index contributed by atoms with van der Waals surface area (Å²) < 4.78 is 4.59. The highest BCUT2D eigenvalue weighted by Crippen LogP contribution is 2.08. The van der Waals surface area contributed by atoms with E-state index >= 15 is 0 Å². The summed E-state index contributed by atoms with van der Waals surface area (Å²) >= 11 is 0. The second kappa shape index (κ2) is 11.7. The zero-order valence-corrected chi connectivity index (χ0v) is 13.2. The maximum Gasteiger partial charge on any atom is 0.305 e. The molecule has 0 aromatic rings. The molecule has 3 heteroatoms. The largest absolute Gasteiger partial charge is 0.469 e. The van der Waals surface area contributed by atoms with E-state index in [1.165, 1.54) is 26.4 Å². The highest BCUT2D eigenvalue weighted by molar-refractivity contribution is 5.68. The summed E-state index contributed by atoms with van der Waals surface area (Å²) in [7, 11) is 1.44. The molecule has 0 aromatic carbocycles. The second-order valence-corrected chi connectivity index (χ2v) is 5.65. The van der Waals surface area contributed by atoms with Crippen LogP contribution in [-0.4, -0.2) is 23.8 Å². The summed E-state index contributed by atoms with van der Waals surface area (Å²) in [6.45, 7) is 3.54. The highest BCUT2D eigenvalue weighted by atomic mass is 16.5. The van der Waals surface area contributed by atoms with Crippen molar-refractivity contribution >= 4 is 5.97 Å². The van der Waals surface area contributed by atoms with Crippen molar-refractivity contribution in [3.63, 3.8) is 0 Å². The molecule has 0 saturated carbocycles. The van der Waals surface area contributed by atoms with Crippen LogP contribution in [0.25, 0.3) is 0 Å². The van der Waals surface area contributed by atoms with Gasteiger partial charge in [0.15, 0.2) is 0 Å². The predicted molar refractivity (Wildman–Crippen MR) is 83.5 cm³/mol. The molecule has 1 N–H and O–H groups in total. The van der Waals surface area contributed by atoms with Gasteiger partial charge >= 0.3 is 5.97 Å². The van der Waals surface area contributed by atoms with Crippen molar-refractivity contribution in [3.05, 3.63) is 24.3 Å². The lowest BCUT2D eigenvalue weighted by Crippen LogP contribution is -2.13. The first-order chi connectivity index (χ1) is 9.45. The Labute approximate surface area is 123 Å². The number of carbonyl (C=O) groups is 1. The first-order valence-electron chi connectivity index (χ1n) is 7.57. The van der Waals surface area contributed by atoms with E-state index in [4.69, 9.17) is 0 Å². The summed E-state index contributed by atoms with van der Waals surface area (Å²) in [5, 5.41) is 9.47. The van der Waals surface area contributed by atoms with Crippen LogP contribution in [-0.2, 0) is 9.53 Å². The van der Waals surface area contributed by atoms with Crippen molar-refractivity contribution < 1.29 is 14.6 Å². The Hall–Kier alpha value is -1.09. The average Bonchev–Trinajstić information content (AvgIpc) is 2.38. The van der Waals surface area contributed by atoms with Gasteiger partial charge in [0.25, 0.3) is 0 Å². The Bertz CT molecular complexity index is 298. The van der Waals surface area contributed by atoms with Crippen molar-refractivity contribution in [3.8, 4) is 0 Å². The normalized spacial score (nSPS) is 12.4. The Balaban J connectivity index is 3.32. The summed E-state index contributed by atoms with van der Waals surface area (Å²) in [5.41, 5.74) is -0.710. The molecule has 116 valence electrons. The summed E-state index contributed by atoms with van der Waals surface area (Å²) in [4.78, 5) is 10.9. The molecule has 0 saturated heterocycles. The number of carbonyl (C=O) groups excluding carboxylic acids is 1. The lowest BCUT2D eigenvalue weighted by atomic mass is 10.1. The molecular weight excluding hydrogens is 252 g/mol. The van der Waals surface area contributed by atoms with E-state index in [1.807, 2.05) is 12.2 Å². The third-order valence-corrected chi connectivity index (χ3v) is 2.94. The number of hydrogen-bond acceptors (Lipinski definition) is 3. The molecular formula is C17H30O3. The smallest absolute Gasteiger partial charge is 0.305 e. The molecule has 0 aliphatic carbocycles. The van der Waals surface area contributed by atoms with E-state index in [0.29, 0.717) is 6.42 Å². The molecule has 0 aromatic heterocycles. The third-order valence-electron chi connectivity index (χ3n) is 2.94. The molecule has 0 rings (SSSR count). The van der Waals surface area contributed by atoms with Crippen LogP contribution in [0.3, 0.4) is 0 Å². The molecule has 0 bridgehead atoms. The molecule has 20 heavy (non-hydrogen) atoms. The molecule has 0 radical (unpaired) electrons. The first kappa shape index (κ1) is 18.9. The van der Waals surface area contributed by atoms with Crippen LogP contribution >= 0.6 is 0 Å². The van der Waals surface area contributed by atoms with Gasteiger partial charge in [-0.05, 0) is 39.5 Å². The van der Waals surface area contributed by atoms with E-state index in [2.05, 4.69) is 16.9 Å². The minimum absolute atomic E-state index is 0.105. The van der Waals surface area contributed by atoms with Gasteiger partial charge in [-0.1, -0.05) is 43.6 Å². The Morgan fingerprint density at radius 2 is 1.70 bits per heavy atom. The fourth-order valence-corrected chi connectivity index (χ4v) is 1.81. The molecule has 0 fully saturated rings. The van der Waals surface area contributed by atoms with Crippen LogP contribution in [0.1, 0.15) is 65.2 Å². The number of methoxy groups -OCH3 is 1. The maximum atomic E-state index is 10.9. The fourth-order valence-electron chi connectivity index (χ4n) is 1.81. The number of hydrogen-bond donors (Lipinski definition) is 1. The SMILES string of the molecule is COC(=O)CCCCCCC/C=C/C/C=C/C(C)(C)O. The molecule has 0 aliphatic rings. The average molecular weight is 282 g/mol. The molecule has 0 atom stereocenters. The van der Waals surface area contributed by atoms with Gasteiger partial charge in [0.1, 0.15) is 0 Å². The van der Waals surface area contributed by atoms with Crippen LogP contribution in [0.5, 0.6) is 0 Å². The van der Waals surface area contributed by atoms with E-state index in [0.717, 1.165) is 25.7 Å². The van der Waals surface area contributed by atoms with Gasteiger partial charge in [-0.2, -0.15) is 0 Å². The Kier molecular flexibility index (Phi) is 11.1. The second-order valence-electron chi connectivity index (χ2n) is 5.65. The number of aliphatic hydroxyl groups is 1. The summed E-state index contributed by atoms with van der Waals surface area (Å²) in [6.07, 6.45) is 16.3. The van der Waals surface area contributed by atoms with Gasteiger partial charge in [-0.15, -0.1) is 0 Å². The van der Waals surface area contributed by atoms with Crippen molar-refractivity contribution in [2.45, 2.75) is 70.8 Å². The molecule has 0 unspecified atom stereocenters. The van der Waals surface area contributed by atoms with Gasteiger partial charge in [0.05, 0.1) is 12.7 Å². The molecule has 0 heterocycles. The standard InChI is InChI=1S/C17H30O3/c1-17(2,19)15-13-11-9-7-5-4-6-8-10-12-14-16(18)20-3/h7,9,13,15,19H,4-6,8,10-12,14H2,1-3H3/b9-7+,15-13+. The molecule has 0 amide bonds. The van der Waals surface area contributed by atoms with Gasteiger partial charge in [-0.3, -0.25) is 4.79 Å². The number of ether oxygens (including phenoxy) is 1. The van der Waals surface area contributed by atoms with Crippen LogP contribution in [0, 0.1) is 0 Å². The number of rotatable bonds is 11. The minimum atomic E-state index is -0.710. The van der Waals surface area contributed by atoms with Gasteiger partial charge in [-0.25, -0.2) is 0 Å².